The topological polar surface area (TPSA) is 93.4 Å². The molecule has 2 heterocycles. The van der Waals surface area contributed by atoms with Crippen molar-refractivity contribution in [2.45, 2.75) is 6.54 Å². The van der Waals surface area contributed by atoms with Gasteiger partial charge in [0.25, 0.3) is 0 Å². The van der Waals surface area contributed by atoms with Crippen molar-refractivity contribution in [3.8, 4) is 6.07 Å². The summed E-state index contributed by atoms with van der Waals surface area (Å²) in [7, 11) is 0. The van der Waals surface area contributed by atoms with Crippen LogP contribution in [0.1, 0.15) is 11.1 Å². The lowest BCUT2D eigenvalue weighted by Gasteiger charge is -1.99. The Morgan fingerprint density at radius 3 is 2.93 bits per heavy atom. The van der Waals surface area contributed by atoms with Crippen LogP contribution in [0.4, 0.5) is 5.82 Å². The van der Waals surface area contributed by atoms with Crippen molar-refractivity contribution < 1.29 is 0 Å². The van der Waals surface area contributed by atoms with E-state index < -0.39 is 0 Å². The van der Waals surface area contributed by atoms with E-state index in [2.05, 4.69) is 15.2 Å². The minimum Gasteiger partial charge on any atom is -0.381 e. The maximum Gasteiger partial charge on any atom is 0.165 e. The van der Waals surface area contributed by atoms with Crippen LogP contribution >= 0.6 is 0 Å². The lowest BCUT2D eigenvalue weighted by Crippen LogP contribution is -2.04. The second kappa shape index (κ2) is 3.75. The first-order chi connectivity index (χ1) is 7.28. The zero-order valence-electron chi connectivity index (χ0n) is 7.83. The number of nitrogen functional groups attached to an aromatic ring is 1. The van der Waals surface area contributed by atoms with Gasteiger partial charge < -0.3 is 5.73 Å². The minimum absolute atomic E-state index is 0.374. The molecule has 0 unspecified atom stereocenters. The van der Waals surface area contributed by atoms with E-state index in [4.69, 9.17) is 11.0 Å². The quantitative estimate of drug-likeness (QED) is 0.746. The highest BCUT2D eigenvalue weighted by atomic mass is 15.5. The Balaban J connectivity index is 2.21. The summed E-state index contributed by atoms with van der Waals surface area (Å²) >= 11 is 0. The summed E-state index contributed by atoms with van der Waals surface area (Å²) in [6.45, 7) is 0.458. The maximum absolute atomic E-state index is 8.68. The van der Waals surface area contributed by atoms with Crippen molar-refractivity contribution in [2.24, 2.45) is 0 Å². The van der Waals surface area contributed by atoms with E-state index in [1.54, 1.807) is 12.3 Å². The smallest absolute Gasteiger partial charge is 0.165 e. The predicted molar refractivity (Wildman–Crippen MR) is 52.5 cm³/mol. The molecule has 0 spiro atoms. The van der Waals surface area contributed by atoms with Crippen LogP contribution in [0.5, 0.6) is 0 Å². The molecule has 2 N–H and O–H groups in total. The molecule has 0 aromatic carbocycles. The fourth-order valence-corrected chi connectivity index (χ4v) is 1.19. The van der Waals surface area contributed by atoms with Crippen molar-refractivity contribution in [3.63, 3.8) is 0 Å². The molecule has 0 aliphatic heterocycles. The first-order valence-electron chi connectivity index (χ1n) is 4.27. The van der Waals surface area contributed by atoms with Crippen LogP contribution in [-0.4, -0.2) is 20.0 Å². The molecule has 2 aromatic heterocycles. The van der Waals surface area contributed by atoms with Gasteiger partial charge in [0.1, 0.15) is 6.07 Å². The average molecular weight is 200 g/mol. The number of rotatable bonds is 2. The molecule has 0 saturated heterocycles. The number of nitrogens with two attached hydrogens (primary N) is 1. The molecule has 0 atom stereocenters. The van der Waals surface area contributed by atoms with E-state index in [0.717, 1.165) is 5.56 Å². The largest absolute Gasteiger partial charge is 0.381 e. The summed E-state index contributed by atoms with van der Waals surface area (Å²) in [5, 5.41) is 16.6. The Morgan fingerprint density at radius 1 is 1.40 bits per heavy atom. The van der Waals surface area contributed by atoms with Crippen molar-refractivity contribution in [3.05, 3.63) is 35.8 Å². The van der Waals surface area contributed by atoms with Gasteiger partial charge in [-0.1, -0.05) is 0 Å². The summed E-state index contributed by atoms with van der Waals surface area (Å²) in [4.78, 5) is 5.39. The van der Waals surface area contributed by atoms with E-state index in [9.17, 15) is 0 Å². The van der Waals surface area contributed by atoms with Crippen LogP contribution in [0.2, 0.25) is 0 Å². The van der Waals surface area contributed by atoms with Crippen molar-refractivity contribution in [2.75, 3.05) is 5.73 Å². The van der Waals surface area contributed by atoms with Crippen molar-refractivity contribution in [1.82, 2.24) is 20.0 Å². The lowest BCUT2D eigenvalue weighted by atomic mass is 10.2. The monoisotopic (exact) mass is 200 g/mol. The number of pyridine rings is 1. The zero-order valence-corrected chi connectivity index (χ0v) is 7.83. The van der Waals surface area contributed by atoms with Crippen LogP contribution < -0.4 is 5.73 Å². The third kappa shape index (κ3) is 2.08. The molecule has 0 amide bonds. The average Bonchev–Trinajstić information content (AvgIpc) is 2.64. The van der Waals surface area contributed by atoms with Gasteiger partial charge >= 0.3 is 0 Å². The van der Waals surface area contributed by atoms with Gasteiger partial charge in [0.15, 0.2) is 5.82 Å². The first kappa shape index (κ1) is 9.15. The molecule has 15 heavy (non-hydrogen) atoms. The van der Waals surface area contributed by atoms with Gasteiger partial charge in [-0.05, 0) is 11.6 Å². The molecule has 0 aliphatic rings. The second-order valence-electron chi connectivity index (χ2n) is 2.99. The molecule has 6 nitrogen and oxygen atoms in total. The molecule has 2 rings (SSSR count). The van der Waals surface area contributed by atoms with E-state index in [1.807, 2.05) is 6.07 Å². The van der Waals surface area contributed by atoms with Crippen LogP contribution in [-0.2, 0) is 6.54 Å². The van der Waals surface area contributed by atoms with Gasteiger partial charge in [0, 0.05) is 12.4 Å². The Kier molecular flexibility index (Phi) is 2.29. The van der Waals surface area contributed by atoms with Crippen LogP contribution in [0, 0.1) is 11.3 Å². The van der Waals surface area contributed by atoms with Gasteiger partial charge in [0.2, 0.25) is 0 Å². The fourth-order valence-electron chi connectivity index (χ4n) is 1.19. The molecule has 0 aliphatic carbocycles. The van der Waals surface area contributed by atoms with E-state index in [0.29, 0.717) is 17.9 Å². The summed E-state index contributed by atoms with van der Waals surface area (Å²) in [5.41, 5.74) is 6.81. The molecule has 0 fully saturated rings. The Labute approximate surface area is 86.0 Å². The minimum atomic E-state index is 0.374. The molecule has 0 saturated carbocycles. The number of anilines is 1. The van der Waals surface area contributed by atoms with Crippen LogP contribution in [0.15, 0.2) is 24.7 Å². The van der Waals surface area contributed by atoms with Gasteiger partial charge in [-0.3, -0.25) is 4.98 Å². The number of hydrogen-bond acceptors (Lipinski definition) is 5. The predicted octanol–water partition coefficient (Wildman–Crippen LogP) is 0.175. The standard InChI is InChI=1S/C9H8N6/c10-2-7-1-8(4-12-3-7)6-15-13-5-9(11)14-15/h1,3-5H,6H2,(H2,11,14). The first-order valence-corrected chi connectivity index (χ1v) is 4.27. The number of hydrogen-bond donors (Lipinski definition) is 1. The highest BCUT2D eigenvalue weighted by Crippen LogP contribution is 2.03. The highest BCUT2D eigenvalue weighted by molar-refractivity contribution is 5.29. The SMILES string of the molecule is N#Cc1cncc(Cn2ncc(N)n2)c1. The van der Waals surface area contributed by atoms with Crippen LogP contribution in [0.3, 0.4) is 0 Å². The molecule has 6 heteroatoms. The van der Waals surface area contributed by atoms with Gasteiger partial charge in [-0.15, -0.1) is 5.10 Å². The molecule has 2 aromatic rings. The number of aromatic nitrogens is 4. The van der Waals surface area contributed by atoms with Gasteiger partial charge in [-0.2, -0.15) is 15.2 Å². The van der Waals surface area contributed by atoms with Crippen molar-refractivity contribution >= 4 is 5.82 Å². The van der Waals surface area contributed by atoms with Crippen LogP contribution in [0.25, 0.3) is 0 Å². The summed E-state index contributed by atoms with van der Waals surface area (Å²) in [6, 6.07) is 3.76. The molecule has 74 valence electrons. The Morgan fingerprint density at radius 2 is 2.27 bits per heavy atom. The van der Waals surface area contributed by atoms with E-state index >= 15 is 0 Å². The Hall–Kier alpha value is -2.42. The third-order valence-electron chi connectivity index (χ3n) is 1.80. The fraction of sp³-hybridized carbons (Fsp3) is 0.111. The molecule has 0 bridgehead atoms. The molecular formula is C9H8N6. The number of nitrogens with zero attached hydrogens (tertiary/aromatic N) is 5. The normalized spacial score (nSPS) is 9.80. The Bertz CT molecular complexity index is 509. The summed E-state index contributed by atoms with van der Waals surface area (Å²) < 4.78 is 0. The summed E-state index contributed by atoms with van der Waals surface area (Å²) in [6.07, 6.45) is 4.65. The zero-order chi connectivity index (χ0) is 10.7. The van der Waals surface area contributed by atoms with E-state index in [-0.39, 0.29) is 0 Å². The van der Waals surface area contributed by atoms with Gasteiger partial charge in [-0.25, -0.2) is 0 Å². The third-order valence-corrected chi connectivity index (χ3v) is 1.80. The number of nitriles is 1. The van der Waals surface area contributed by atoms with Gasteiger partial charge in [0.05, 0.1) is 18.3 Å². The van der Waals surface area contributed by atoms with E-state index in [1.165, 1.54) is 17.2 Å². The summed E-state index contributed by atoms with van der Waals surface area (Å²) in [5.74, 6) is 0.374. The second-order valence-corrected chi connectivity index (χ2v) is 2.99. The molecule has 0 radical (unpaired) electrons. The van der Waals surface area contributed by atoms with Crippen molar-refractivity contribution in [1.29, 1.82) is 5.26 Å². The maximum atomic E-state index is 8.68. The lowest BCUT2D eigenvalue weighted by molar-refractivity contribution is 0.592. The highest BCUT2D eigenvalue weighted by Gasteiger charge is 2.00. The molecular weight excluding hydrogens is 192 g/mol.